The number of aliphatic hydroxyl groups excluding tert-OH is 1. The van der Waals surface area contributed by atoms with Gasteiger partial charge < -0.3 is 30.6 Å². The van der Waals surface area contributed by atoms with Gasteiger partial charge in [-0.05, 0) is 17.2 Å². The Balaban J connectivity index is 2.24. The summed E-state index contributed by atoms with van der Waals surface area (Å²) in [5, 5.41) is 62.0. The first kappa shape index (κ1) is 17.8. The van der Waals surface area contributed by atoms with Crippen LogP contribution in [0.25, 0.3) is 0 Å². The molecule has 0 heterocycles. The molecular weight excluding hydrogens is 324 g/mol. The van der Waals surface area contributed by atoms with Crippen LogP contribution >= 0.6 is 0 Å². The highest BCUT2D eigenvalue weighted by molar-refractivity contribution is 5.42. The fraction of sp³-hybridized carbons (Fsp3) is 0.263. The Hall–Kier alpha value is -2.06. The summed E-state index contributed by atoms with van der Waals surface area (Å²) in [5.74, 6) is -7.84. The van der Waals surface area contributed by atoms with Crippen molar-refractivity contribution in [3.63, 3.8) is 0 Å². The van der Waals surface area contributed by atoms with E-state index >= 15 is 0 Å². The van der Waals surface area contributed by atoms with Crippen molar-refractivity contribution in [1.82, 2.24) is 0 Å². The van der Waals surface area contributed by atoms with Gasteiger partial charge in [0.05, 0.1) is 0 Å². The zero-order chi connectivity index (χ0) is 18.3. The van der Waals surface area contributed by atoms with E-state index in [0.29, 0.717) is 11.1 Å². The smallest absolute Gasteiger partial charge is 0.256 e. The van der Waals surface area contributed by atoms with E-state index in [-0.39, 0.29) is 0 Å². The van der Waals surface area contributed by atoms with Crippen molar-refractivity contribution in [2.45, 2.75) is 29.2 Å². The minimum Gasteiger partial charge on any atom is -0.383 e. The monoisotopic (exact) mass is 344 g/mol. The van der Waals surface area contributed by atoms with Crippen LogP contribution in [0.1, 0.15) is 17.0 Å². The van der Waals surface area contributed by atoms with Crippen LogP contribution in [-0.4, -0.2) is 53.9 Å². The lowest BCUT2D eigenvalue weighted by molar-refractivity contribution is -0.423. The zero-order valence-corrected chi connectivity index (χ0v) is 13.3. The Labute approximate surface area is 144 Å². The molecule has 25 heavy (non-hydrogen) atoms. The van der Waals surface area contributed by atoms with Gasteiger partial charge in [-0.15, -0.1) is 0 Å². The standard InChI is InChI=1S/C19H20O6/c20-15-11-12-17(21,19(24,25)18(15,22)23)16(13-7-3-1-4-8-13)14-9-5-2-6-10-14/h1-12,15-16,20-25H. The molecule has 132 valence electrons. The highest BCUT2D eigenvalue weighted by Crippen LogP contribution is 2.48. The number of hydrogen-bond donors (Lipinski definition) is 6. The summed E-state index contributed by atoms with van der Waals surface area (Å²) in [6.45, 7) is 0. The maximum Gasteiger partial charge on any atom is 0.256 e. The lowest BCUT2D eigenvalue weighted by atomic mass is 9.67. The molecule has 6 N–H and O–H groups in total. The van der Waals surface area contributed by atoms with Crippen LogP contribution < -0.4 is 0 Å². The second-order valence-electron chi connectivity index (χ2n) is 6.28. The largest absolute Gasteiger partial charge is 0.383 e. The van der Waals surface area contributed by atoms with Crippen LogP contribution in [0.2, 0.25) is 0 Å². The zero-order valence-electron chi connectivity index (χ0n) is 13.3. The topological polar surface area (TPSA) is 121 Å². The maximum atomic E-state index is 11.2. The second-order valence-corrected chi connectivity index (χ2v) is 6.28. The summed E-state index contributed by atoms with van der Waals surface area (Å²) >= 11 is 0. The lowest BCUT2D eigenvalue weighted by Gasteiger charge is -2.51. The summed E-state index contributed by atoms with van der Waals surface area (Å²) < 4.78 is 0. The van der Waals surface area contributed by atoms with Crippen molar-refractivity contribution in [3.8, 4) is 0 Å². The van der Waals surface area contributed by atoms with Crippen molar-refractivity contribution in [1.29, 1.82) is 0 Å². The van der Waals surface area contributed by atoms with Crippen LogP contribution in [0.4, 0.5) is 0 Å². The quantitative estimate of drug-likeness (QED) is 0.340. The first-order chi connectivity index (χ1) is 11.7. The molecule has 2 aromatic carbocycles. The molecule has 1 aliphatic rings. The molecule has 2 aromatic rings. The van der Waals surface area contributed by atoms with E-state index in [1.807, 2.05) is 0 Å². The van der Waals surface area contributed by atoms with E-state index in [2.05, 4.69) is 0 Å². The second kappa shape index (κ2) is 6.03. The van der Waals surface area contributed by atoms with Crippen LogP contribution in [0.5, 0.6) is 0 Å². The minimum atomic E-state index is -3.44. The number of benzene rings is 2. The number of aliphatic hydroxyl groups is 6. The summed E-state index contributed by atoms with van der Waals surface area (Å²) in [6.07, 6.45) is -0.0497. The van der Waals surface area contributed by atoms with Gasteiger partial charge in [0.1, 0.15) is 6.10 Å². The van der Waals surface area contributed by atoms with Gasteiger partial charge in [-0.2, -0.15) is 0 Å². The third kappa shape index (κ3) is 2.60. The molecule has 3 rings (SSSR count). The fourth-order valence-corrected chi connectivity index (χ4v) is 3.28. The average Bonchev–Trinajstić information content (AvgIpc) is 2.60. The molecule has 0 saturated heterocycles. The van der Waals surface area contributed by atoms with Gasteiger partial charge in [-0.1, -0.05) is 66.7 Å². The predicted octanol–water partition coefficient (Wildman–Crippen LogP) is -0.158. The Bertz CT molecular complexity index is 716. The Morgan fingerprint density at radius 2 is 1.16 bits per heavy atom. The third-order valence-electron chi connectivity index (χ3n) is 4.72. The summed E-state index contributed by atoms with van der Waals surface area (Å²) in [7, 11) is 0. The average molecular weight is 344 g/mol. The summed E-state index contributed by atoms with van der Waals surface area (Å²) in [4.78, 5) is 0. The van der Waals surface area contributed by atoms with E-state index in [0.717, 1.165) is 12.2 Å². The van der Waals surface area contributed by atoms with E-state index in [4.69, 9.17) is 0 Å². The maximum absolute atomic E-state index is 11.2. The minimum absolute atomic E-state index is 0.528. The van der Waals surface area contributed by atoms with E-state index in [9.17, 15) is 30.6 Å². The van der Waals surface area contributed by atoms with Gasteiger partial charge in [0.2, 0.25) is 0 Å². The Morgan fingerprint density at radius 3 is 1.60 bits per heavy atom. The highest BCUT2D eigenvalue weighted by atomic mass is 16.6. The van der Waals surface area contributed by atoms with Crippen LogP contribution in [0.3, 0.4) is 0 Å². The lowest BCUT2D eigenvalue weighted by Crippen LogP contribution is -2.74. The fourth-order valence-electron chi connectivity index (χ4n) is 3.28. The molecule has 0 bridgehead atoms. The molecule has 0 fully saturated rings. The summed E-state index contributed by atoms with van der Waals surface area (Å²) in [6, 6.07) is 17.1. The normalized spacial score (nSPS) is 27.4. The van der Waals surface area contributed by atoms with Gasteiger partial charge in [0.25, 0.3) is 11.6 Å². The first-order valence-electron chi connectivity index (χ1n) is 7.81. The molecule has 0 aromatic heterocycles. The van der Waals surface area contributed by atoms with Gasteiger partial charge in [-0.25, -0.2) is 0 Å². The molecular formula is C19H20O6. The molecule has 0 aliphatic heterocycles. The van der Waals surface area contributed by atoms with Crippen LogP contribution in [-0.2, 0) is 0 Å². The molecule has 6 heteroatoms. The van der Waals surface area contributed by atoms with Crippen LogP contribution in [0.15, 0.2) is 72.8 Å². The molecule has 0 saturated carbocycles. The Kier molecular flexibility index (Phi) is 4.28. The number of rotatable bonds is 3. The Morgan fingerprint density at radius 1 is 0.720 bits per heavy atom. The number of hydrogen-bond acceptors (Lipinski definition) is 6. The molecule has 0 amide bonds. The molecule has 6 nitrogen and oxygen atoms in total. The van der Waals surface area contributed by atoms with E-state index < -0.39 is 29.2 Å². The molecule has 2 unspecified atom stereocenters. The molecule has 0 radical (unpaired) electrons. The summed E-state index contributed by atoms with van der Waals surface area (Å²) in [5.41, 5.74) is -1.46. The van der Waals surface area contributed by atoms with Crippen molar-refractivity contribution in [2.75, 3.05) is 0 Å². The van der Waals surface area contributed by atoms with E-state index in [1.165, 1.54) is 0 Å². The van der Waals surface area contributed by atoms with Crippen molar-refractivity contribution in [2.24, 2.45) is 0 Å². The van der Waals surface area contributed by atoms with Crippen molar-refractivity contribution >= 4 is 0 Å². The van der Waals surface area contributed by atoms with Crippen molar-refractivity contribution < 1.29 is 30.6 Å². The van der Waals surface area contributed by atoms with Gasteiger partial charge in [0, 0.05) is 5.92 Å². The molecule has 1 aliphatic carbocycles. The van der Waals surface area contributed by atoms with Crippen LogP contribution in [0, 0.1) is 0 Å². The SMILES string of the molecule is OC1C=CC(O)(C(c2ccccc2)c2ccccc2)C(O)(O)C1(O)O. The predicted molar refractivity (Wildman–Crippen MR) is 89.2 cm³/mol. The van der Waals surface area contributed by atoms with Gasteiger partial charge >= 0.3 is 0 Å². The first-order valence-corrected chi connectivity index (χ1v) is 7.81. The molecule has 0 spiro atoms. The van der Waals surface area contributed by atoms with Crippen molar-refractivity contribution in [3.05, 3.63) is 83.9 Å². The molecule has 2 atom stereocenters. The highest BCUT2D eigenvalue weighted by Gasteiger charge is 2.68. The van der Waals surface area contributed by atoms with E-state index in [1.54, 1.807) is 60.7 Å². The third-order valence-corrected chi connectivity index (χ3v) is 4.72. The van der Waals surface area contributed by atoms with Gasteiger partial charge in [0.15, 0.2) is 5.60 Å². The van der Waals surface area contributed by atoms with Gasteiger partial charge in [-0.3, -0.25) is 0 Å².